The van der Waals surface area contributed by atoms with Crippen LogP contribution in [0.15, 0.2) is 24.3 Å². The second-order valence-corrected chi connectivity index (χ2v) is 10.1. The van der Waals surface area contributed by atoms with E-state index in [0.29, 0.717) is 25.1 Å². The molecule has 1 aromatic carbocycles. The largest absolute Gasteiger partial charge is 0.497 e. The number of nitrogens with zero attached hydrogens (tertiary/aromatic N) is 2. The molecular weight excluding hydrogens is 394 g/mol. The molecule has 0 spiro atoms. The van der Waals surface area contributed by atoms with Crippen LogP contribution in [0.3, 0.4) is 0 Å². The lowest BCUT2D eigenvalue weighted by molar-refractivity contribution is -0.127. The Morgan fingerprint density at radius 2 is 1.76 bits per heavy atom. The van der Waals surface area contributed by atoms with Crippen LogP contribution < -0.4 is 15.0 Å². The zero-order valence-electron chi connectivity index (χ0n) is 16.7. The first-order valence-electron chi connectivity index (χ1n) is 9.99. The van der Waals surface area contributed by atoms with Gasteiger partial charge in [-0.15, -0.1) is 0 Å². The Morgan fingerprint density at radius 1 is 1.14 bits per heavy atom. The number of amides is 2. The van der Waals surface area contributed by atoms with E-state index in [1.165, 1.54) is 6.26 Å². The number of methoxy groups -OCH3 is 1. The third kappa shape index (κ3) is 3.98. The molecule has 1 aromatic rings. The summed E-state index contributed by atoms with van der Waals surface area (Å²) in [6.45, 7) is 0.353. The number of hydrogen-bond donors (Lipinski definition) is 1. The number of ether oxygens (including phenoxy) is 1. The molecule has 3 fully saturated rings. The Hall–Kier alpha value is -2.13. The van der Waals surface area contributed by atoms with Crippen molar-refractivity contribution in [3.8, 4) is 5.75 Å². The van der Waals surface area contributed by atoms with Crippen molar-refractivity contribution < 1.29 is 22.7 Å². The van der Waals surface area contributed by atoms with Crippen molar-refractivity contribution >= 4 is 27.5 Å². The zero-order valence-corrected chi connectivity index (χ0v) is 17.5. The molecule has 3 atom stereocenters. The highest BCUT2D eigenvalue weighted by Gasteiger charge is 2.46. The molecule has 1 N–H and O–H groups in total. The summed E-state index contributed by atoms with van der Waals surface area (Å²) in [6, 6.07) is 7.11. The average Bonchev–Trinajstić information content (AvgIpc) is 3.20. The third-order valence-corrected chi connectivity index (χ3v) is 7.64. The number of rotatable bonds is 5. The number of fused-ring (bicyclic) bond motifs is 2. The Balaban J connectivity index is 1.37. The van der Waals surface area contributed by atoms with Gasteiger partial charge in [0.25, 0.3) is 0 Å². The normalized spacial score (nSPS) is 29.9. The van der Waals surface area contributed by atoms with Gasteiger partial charge in [-0.3, -0.25) is 9.59 Å². The standard InChI is InChI=1S/C20H27N3O5S/c1-28-18-7-5-15(6-8-18)22-12-13(9-19(22)24)20(25)21-14-10-16-3-4-17(11-14)23(16)29(2,26)27/h5-8,13-14,16-17H,3-4,9-12H2,1-2H3,(H,21,25). The van der Waals surface area contributed by atoms with Crippen LogP contribution in [0.4, 0.5) is 5.69 Å². The Morgan fingerprint density at radius 3 is 2.31 bits per heavy atom. The van der Waals surface area contributed by atoms with Crippen LogP contribution in [0, 0.1) is 5.92 Å². The predicted molar refractivity (Wildman–Crippen MR) is 108 cm³/mol. The molecule has 2 bridgehead atoms. The van der Waals surface area contributed by atoms with Crippen molar-refractivity contribution in [2.45, 2.75) is 50.2 Å². The van der Waals surface area contributed by atoms with Crippen molar-refractivity contribution in [1.82, 2.24) is 9.62 Å². The first kappa shape index (κ1) is 20.2. The zero-order chi connectivity index (χ0) is 20.8. The van der Waals surface area contributed by atoms with Gasteiger partial charge in [0.15, 0.2) is 0 Å². The van der Waals surface area contributed by atoms with Gasteiger partial charge >= 0.3 is 0 Å². The summed E-state index contributed by atoms with van der Waals surface area (Å²) in [6.07, 6.45) is 4.41. The molecule has 9 heteroatoms. The molecule has 3 unspecified atom stereocenters. The SMILES string of the molecule is COc1ccc(N2CC(C(=O)NC3CC4CCC(C3)N4S(C)(=O)=O)CC2=O)cc1. The monoisotopic (exact) mass is 421 g/mol. The molecule has 8 nitrogen and oxygen atoms in total. The van der Waals surface area contributed by atoms with E-state index in [1.54, 1.807) is 28.4 Å². The molecule has 4 rings (SSSR count). The van der Waals surface area contributed by atoms with E-state index in [0.717, 1.165) is 18.5 Å². The van der Waals surface area contributed by atoms with E-state index in [2.05, 4.69) is 5.32 Å². The summed E-state index contributed by atoms with van der Waals surface area (Å²) in [5.74, 6) is 0.133. The summed E-state index contributed by atoms with van der Waals surface area (Å²) < 4.78 is 30.8. The average molecular weight is 422 g/mol. The summed E-state index contributed by atoms with van der Waals surface area (Å²) in [5, 5.41) is 3.09. The predicted octanol–water partition coefficient (Wildman–Crippen LogP) is 1.12. The molecule has 2 amide bonds. The highest BCUT2D eigenvalue weighted by atomic mass is 32.2. The molecule has 3 saturated heterocycles. The Bertz CT molecular complexity index is 887. The smallest absolute Gasteiger partial charge is 0.227 e. The number of sulfonamides is 1. The number of carbonyl (C=O) groups excluding carboxylic acids is 2. The van der Waals surface area contributed by atoms with E-state index in [4.69, 9.17) is 4.74 Å². The Labute approximate surface area is 171 Å². The molecule has 3 aliphatic rings. The van der Waals surface area contributed by atoms with E-state index in [1.807, 2.05) is 12.1 Å². The fraction of sp³-hybridized carbons (Fsp3) is 0.600. The van der Waals surface area contributed by atoms with Crippen molar-refractivity contribution in [2.75, 3.05) is 24.8 Å². The maximum absolute atomic E-state index is 12.8. The maximum Gasteiger partial charge on any atom is 0.227 e. The van der Waals surface area contributed by atoms with Crippen LogP contribution in [-0.4, -0.2) is 62.6 Å². The van der Waals surface area contributed by atoms with E-state index >= 15 is 0 Å². The van der Waals surface area contributed by atoms with Crippen molar-refractivity contribution in [3.05, 3.63) is 24.3 Å². The fourth-order valence-corrected chi connectivity index (χ4v) is 6.47. The third-order valence-electron chi connectivity index (χ3n) is 6.28. The fourth-order valence-electron chi connectivity index (χ4n) is 5.01. The van der Waals surface area contributed by atoms with Crippen LogP contribution in [-0.2, 0) is 19.6 Å². The van der Waals surface area contributed by atoms with Crippen molar-refractivity contribution in [3.63, 3.8) is 0 Å². The van der Waals surface area contributed by atoms with Gasteiger partial charge in [-0.05, 0) is 49.9 Å². The number of hydrogen-bond acceptors (Lipinski definition) is 5. The topological polar surface area (TPSA) is 96.0 Å². The Kier molecular flexibility index (Phi) is 5.29. The van der Waals surface area contributed by atoms with Crippen LogP contribution in [0.2, 0.25) is 0 Å². The van der Waals surface area contributed by atoms with Gasteiger partial charge in [-0.25, -0.2) is 8.42 Å². The summed E-state index contributed by atoms with van der Waals surface area (Å²) >= 11 is 0. The number of nitrogens with one attached hydrogen (secondary N) is 1. The molecule has 0 radical (unpaired) electrons. The summed E-state index contributed by atoms with van der Waals surface area (Å²) in [7, 11) is -1.63. The molecular formula is C20H27N3O5S. The first-order chi connectivity index (χ1) is 13.8. The molecule has 0 aromatic heterocycles. The molecule has 0 saturated carbocycles. The van der Waals surface area contributed by atoms with Crippen LogP contribution in [0.25, 0.3) is 0 Å². The van der Waals surface area contributed by atoms with Gasteiger partial charge in [0.1, 0.15) is 5.75 Å². The minimum atomic E-state index is -3.22. The van der Waals surface area contributed by atoms with Crippen LogP contribution in [0.1, 0.15) is 32.1 Å². The van der Waals surface area contributed by atoms with Crippen LogP contribution >= 0.6 is 0 Å². The molecule has 3 heterocycles. The lowest BCUT2D eigenvalue weighted by atomic mass is 9.98. The number of carbonyl (C=O) groups is 2. The summed E-state index contributed by atoms with van der Waals surface area (Å²) in [5.41, 5.74) is 0.755. The van der Waals surface area contributed by atoms with Crippen molar-refractivity contribution in [1.29, 1.82) is 0 Å². The van der Waals surface area contributed by atoms with Crippen LogP contribution in [0.5, 0.6) is 5.75 Å². The highest BCUT2D eigenvalue weighted by molar-refractivity contribution is 7.88. The van der Waals surface area contributed by atoms with Gasteiger partial charge < -0.3 is 15.0 Å². The van der Waals surface area contributed by atoms with Crippen molar-refractivity contribution in [2.24, 2.45) is 5.92 Å². The van der Waals surface area contributed by atoms with Gasteiger partial charge in [-0.2, -0.15) is 4.31 Å². The number of piperidine rings is 1. The molecule has 158 valence electrons. The maximum atomic E-state index is 12.8. The first-order valence-corrected chi connectivity index (χ1v) is 11.8. The highest BCUT2D eigenvalue weighted by Crippen LogP contribution is 2.37. The minimum Gasteiger partial charge on any atom is -0.497 e. The second kappa shape index (κ2) is 7.60. The minimum absolute atomic E-state index is 0.0324. The number of anilines is 1. The van der Waals surface area contributed by atoms with E-state index < -0.39 is 15.9 Å². The second-order valence-electron chi connectivity index (χ2n) is 8.26. The lowest BCUT2D eigenvalue weighted by Gasteiger charge is -2.37. The molecule has 29 heavy (non-hydrogen) atoms. The van der Waals surface area contributed by atoms with E-state index in [9.17, 15) is 18.0 Å². The number of benzene rings is 1. The summed E-state index contributed by atoms with van der Waals surface area (Å²) in [4.78, 5) is 26.9. The van der Waals surface area contributed by atoms with Gasteiger partial charge in [0, 0.05) is 36.8 Å². The lowest BCUT2D eigenvalue weighted by Crippen LogP contribution is -2.52. The molecule has 0 aliphatic carbocycles. The van der Waals surface area contributed by atoms with E-state index in [-0.39, 0.29) is 36.4 Å². The van der Waals surface area contributed by atoms with Gasteiger partial charge in [0.05, 0.1) is 19.3 Å². The molecule has 3 aliphatic heterocycles. The van der Waals surface area contributed by atoms with Gasteiger partial charge in [0.2, 0.25) is 21.8 Å². The quantitative estimate of drug-likeness (QED) is 0.769. The van der Waals surface area contributed by atoms with Gasteiger partial charge in [-0.1, -0.05) is 0 Å².